The van der Waals surface area contributed by atoms with Crippen LogP contribution in [0.1, 0.15) is 54.9 Å². The molecule has 2 nitrogen and oxygen atoms in total. The third-order valence-corrected chi connectivity index (χ3v) is 4.34. The van der Waals surface area contributed by atoms with Gasteiger partial charge >= 0.3 is 0 Å². The number of unbranched alkanes of at least 4 members (excludes halogenated alkanes) is 3. The zero-order valence-corrected chi connectivity index (χ0v) is 15.6. The number of ether oxygens (including phenoxy) is 1. The maximum Gasteiger partial charge on any atom is 0.119 e. The molecule has 2 aromatic rings. The zero-order valence-electron chi connectivity index (χ0n) is 15.6. The number of hydrogen-bond donors (Lipinski definition) is 1. The van der Waals surface area contributed by atoms with Gasteiger partial charge in [0.15, 0.2) is 0 Å². The van der Waals surface area contributed by atoms with Gasteiger partial charge in [0.1, 0.15) is 5.75 Å². The van der Waals surface area contributed by atoms with E-state index in [9.17, 15) is 0 Å². The Morgan fingerprint density at radius 1 is 0.875 bits per heavy atom. The summed E-state index contributed by atoms with van der Waals surface area (Å²) in [4.78, 5) is 0. The van der Waals surface area contributed by atoms with Crippen molar-refractivity contribution >= 4 is 5.69 Å². The van der Waals surface area contributed by atoms with Gasteiger partial charge in [-0.15, -0.1) is 0 Å². The molecule has 0 aliphatic heterocycles. The van der Waals surface area contributed by atoms with Gasteiger partial charge in [0.25, 0.3) is 0 Å². The molecule has 0 aromatic heterocycles. The summed E-state index contributed by atoms with van der Waals surface area (Å²) in [5.74, 6) is 0.970. The van der Waals surface area contributed by atoms with E-state index in [-0.39, 0.29) is 0 Å². The first-order valence-corrected chi connectivity index (χ1v) is 9.13. The van der Waals surface area contributed by atoms with E-state index < -0.39 is 0 Å². The van der Waals surface area contributed by atoms with Crippen LogP contribution in [0.4, 0.5) is 5.69 Å². The summed E-state index contributed by atoms with van der Waals surface area (Å²) in [7, 11) is 0. The Balaban J connectivity index is 1.84. The van der Waals surface area contributed by atoms with Crippen molar-refractivity contribution in [2.75, 3.05) is 11.9 Å². The minimum Gasteiger partial charge on any atom is -0.494 e. The first kappa shape index (κ1) is 18.4. The van der Waals surface area contributed by atoms with Crippen molar-refractivity contribution in [1.29, 1.82) is 0 Å². The second-order valence-corrected chi connectivity index (χ2v) is 6.68. The third kappa shape index (κ3) is 5.59. The minimum atomic E-state index is 0.819. The summed E-state index contributed by atoms with van der Waals surface area (Å²) in [6.07, 6.45) is 4.96. The van der Waals surface area contributed by atoms with E-state index in [1.165, 1.54) is 47.2 Å². The maximum atomic E-state index is 5.80. The van der Waals surface area contributed by atoms with Crippen molar-refractivity contribution < 1.29 is 4.74 Å². The highest BCUT2D eigenvalue weighted by molar-refractivity contribution is 5.58. The van der Waals surface area contributed by atoms with Crippen molar-refractivity contribution in [2.24, 2.45) is 0 Å². The smallest absolute Gasteiger partial charge is 0.119 e. The summed E-state index contributed by atoms with van der Waals surface area (Å²) in [5, 5.41) is 3.57. The summed E-state index contributed by atoms with van der Waals surface area (Å²) >= 11 is 0. The molecular weight excluding hydrogens is 294 g/mol. The van der Waals surface area contributed by atoms with Crippen molar-refractivity contribution in [2.45, 2.75) is 59.9 Å². The van der Waals surface area contributed by atoms with Crippen LogP contribution in [-0.4, -0.2) is 6.61 Å². The van der Waals surface area contributed by atoms with Crippen LogP contribution >= 0.6 is 0 Å². The van der Waals surface area contributed by atoms with Crippen LogP contribution in [0.15, 0.2) is 36.4 Å². The SMILES string of the molecule is CCCCCCOc1ccc(CNc2c(C)cc(C)cc2C)cc1. The van der Waals surface area contributed by atoms with Gasteiger partial charge in [-0.1, -0.05) is 56.0 Å². The molecule has 2 rings (SSSR count). The molecule has 0 amide bonds. The molecule has 0 aliphatic carbocycles. The van der Waals surface area contributed by atoms with Gasteiger partial charge in [-0.05, 0) is 56.0 Å². The van der Waals surface area contributed by atoms with Gasteiger partial charge in [-0.3, -0.25) is 0 Å². The molecule has 2 heteroatoms. The molecular formula is C22H31NO. The molecule has 0 spiro atoms. The normalized spacial score (nSPS) is 10.7. The Morgan fingerprint density at radius 2 is 1.54 bits per heavy atom. The highest BCUT2D eigenvalue weighted by Gasteiger charge is 2.04. The van der Waals surface area contributed by atoms with Crippen LogP contribution in [0.3, 0.4) is 0 Å². The van der Waals surface area contributed by atoms with E-state index >= 15 is 0 Å². The molecule has 0 saturated carbocycles. The molecule has 0 fully saturated rings. The highest BCUT2D eigenvalue weighted by Crippen LogP contribution is 2.23. The average molecular weight is 325 g/mol. The third-order valence-electron chi connectivity index (χ3n) is 4.34. The number of rotatable bonds is 9. The molecule has 0 bridgehead atoms. The largest absolute Gasteiger partial charge is 0.494 e. The fourth-order valence-corrected chi connectivity index (χ4v) is 3.07. The lowest BCUT2D eigenvalue weighted by Gasteiger charge is -2.14. The Labute approximate surface area is 147 Å². The predicted molar refractivity (Wildman–Crippen MR) is 104 cm³/mol. The minimum absolute atomic E-state index is 0.819. The Hall–Kier alpha value is -1.96. The van der Waals surface area contributed by atoms with E-state index in [0.717, 1.165) is 25.3 Å². The summed E-state index contributed by atoms with van der Waals surface area (Å²) in [6.45, 7) is 10.4. The van der Waals surface area contributed by atoms with Crippen LogP contribution in [0.2, 0.25) is 0 Å². The molecule has 24 heavy (non-hydrogen) atoms. The Bertz CT molecular complexity index is 608. The summed E-state index contributed by atoms with van der Waals surface area (Å²) < 4.78 is 5.80. The second kappa shape index (κ2) is 9.36. The fourth-order valence-electron chi connectivity index (χ4n) is 3.07. The molecule has 2 aromatic carbocycles. The van der Waals surface area contributed by atoms with E-state index in [1.54, 1.807) is 0 Å². The molecule has 130 valence electrons. The van der Waals surface area contributed by atoms with Crippen molar-refractivity contribution in [1.82, 2.24) is 0 Å². The monoisotopic (exact) mass is 325 g/mol. The zero-order chi connectivity index (χ0) is 17.4. The lowest BCUT2D eigenvalue weighted by atomic mass is 10.0. The molecule has 0 unspecified atom stereocenters. The van der Waals surface area contributed by atoms with E-state index in [4.69, 9.17) is 4.74 Å². The number of hydrogen-bond acceptors (Lipinski definition) is 2. The molecule has 0 aliphatic rings. The van der Waals surface area contributed by atoms with Gasteiger partial charge in [0.05, 0.1) is 6.61 Å². The number of nitrogens with one attached hydrogen (secondary N) is 1. The fraction of sp³-hybridized carbons (Fsp3) is 0.455. The predicted octanol–water partition coefficient (Wildman–Crippen LogP) is 6.18. The van der Waals surface area contributed by atoms with Gasteiger partial charge in [0, 0.05) is 12.2 Å². The summed E-state index contributed by atoms with van der Waals surface area (Å²) in [6, 6.07) is 12.9. The van der Waals surface area contributed by atoms with Crippen molar-refractivity contribution in [3.8, 4) is 5.75 Å². The number of aryl methyl sites for hydroxylation is 3. The highest BCUT2D eigenvalue weighted by atomic mass is 16.5. The molecule has 0 radical (unpaired) electrons. The topological polar surface area (TPSA) is 21.3 Å². The van der Waals surface area contributed by atoms with Crippen LogP contribution in [0.5, 0.6) is 5.75 Å². The van der Waals surface area contributed by atoms with Gasteiger partial charge < -0.3 is 10.1 Å². The molecule has 1 N–H and O–H groups in total. The van der Waals surface area contributed by atoms with Crippen molar-refractivity contribution in [3.63, 3.8) is 0 Å². The summed E-state index contributed by atoms with van der Waals surface area (Å²) in [5.41, 5.74) is 6.44. The van der Waals surface area contributed by atoms with Crippen LogP contribution in [0.25, 0.3) is 0 Å². The van der Waals surface area contributed by atoms with Gasteiger partial charge in [-0.2, -0.15) is 0 Å². The molecule has 0 heterocycles. The Kier molecular flexibility index (Phi) is 7.17. The standard InChI is InChI=1S/C22H31NO/c1-5-6-7-8-13-24-21-11-9-20(10-12-21)16-23-22-18(3)14-17(2)15-19(22)4/h9-12,14-15,23H,5-8,13,16H2,1-4H3. The van der Waals surface area contributed by atoms with Gasteiger partial charge in [0.2, 0.25) is 0 Å². The first-order chi connectivity index (χ1) is 11.6. The van der Waals surface area contributed by atoms with Crippen LogP contribution < -0.4 is 10.1 Å². The Morgan fingerprint density at radius 3 is 2.17 bits per heavy atom. The van der Waals surface area contributed by atoms with E-state index in [0.29, 0.717) is 0 Å². The maximum absolute atomic E-state index is 5.80. The van der Waals surface area contributed by atoms with Crippen LogP contribution in [-0.2, 0) is 6.54 Å². The van der Waals surface area contributed by atoms with Crippen molar-refractivity contribution in [3.05, 3.63) is 58.7 Å². The lowest BCUT2D eigenvalue weighted by molar-refractivity contribution is 0.305. The average Bonchev–Trinajstić information content (AvgIpc) is 2.55. The van der Waals surface area contributed by atoms with E-state index in [2.05, 4.69) is 69.4 Å². The van der Waals surface area contributed by atoms with Crippen LogP contribution in [0, 0.1) is 20.8 Å². The second-order valence-electron chi connectivity index (χ2n) is 6.68. The van der Waals surface area contributed by atoms with Gasteiger partial charge in [-0.25, -0.2) is 0 Å². The first-order valence-electron chi connectivity index (χ1n) is 9.13. The number of anilines is 1. The number of benzene rings is 2. The quantitative estimate of drug-likeness (QED) is 0.556. The lowest BCUT2D eigenvalue weighted by Crippen LogP contribution is -2.03. The molecule has 0 atom stereocenters. The molecule has 0 saturated heterocycles. The van der Waals surface area contributed by atoms with E-state index in [1.807, 2.05) is 0 Å².